The molecule has 4 nitrogen and oxygen atoms in total. The van der Waals surface area contributed by atoms with Crippen LogP contribution in [0.25, 0.3) is 10.9 Å². The Morgan fingerprint density at radius 3 is 2.92 bits per heavy atom. The molecule has 4 rings (SSSR count). The van der Waals surface area contributed by atoms with Crippen molar-refractivity contribution in [1.82, 2.24) is 14.9 Å². The number of aromatic amines is 1. The molecule has 2 atom stereocenters. The summed E-state index contributed by atoms with van der Waals surface area (Å²) in [5.74, 6) is 0. The number of benzene rings is 1. The van der Waals surface area contributed by atoms with Gasteiger partial charge in [0.05, 0.1) is 10.7 Å². The molecule has 2 N–H and O–H groups in total. The van der Waals surface area contributed by atoms with Crippen LogP contribution in [-0.2, 0) is 6.42 Å². The van der Waals surface area contributed by atoms with E-state index in [1.54, 1.807) is 6.20 Å². The Morgan fingerprint density at radius 2 is 2.15 bits per heavy atom. The minimum absolute atomic E-state index is 0.188. The molecule has 3 heterocycles. The van der Waals surface area contributed by atoms with Gasteiger partial charge < -0.3 is 10.1 Å². The molecule has 26 heavy (non-hydrogen) atoms. The van der Waals surface area contributed by atoms with Gasteiger partial charge in [-0.05, 0) is 55.7 Å². The number of hydrogen-bond acceptors (Lipinski definition) is 3. The monoisotopic (exact) mass is 389 g/mol. The Hall–Kier alpha value is -1.59. The largest absolute Gasteiger partial charge is 0.385 e. The quantitative estimate of drug-likeness (QED) is 0.674. The van der Waals surface area contributed by atoms with E-state index >= 15 is 0 Å². The molecule has 1 aliphatic heterocycles. The van der Waals surface area contributed by atoms with Gasteiger partial charge in [0.25, 0.3) is 0 Å². The van der Waals surface area contributed by atoms with Crippen LogP contribution in [0.3, 0.4) is 0 Å². The number of hydrogen-bond donors (Lipinski definition) is 2. The molecular formula is C20H21Cl2N3O. The van der Waals surface area contributed by atoms with E-state index in [1.165, 1.54) is 16.6 Å². The van der Waals surface area contributed by atoms with E-state index in [1.807, 2.05) is 31.2 Å². The first-order chi connectivity index (χ1) is 12.4. The summed E-state index contributed by atoms with van der Waals surface area (Å²) in [6.07, 6.45) is 1.89. The Balaban J connectivity index is 1.58. The van der Waals surface area contributed by atoms with Gasteiger partial charge >= 0.3 is 0 Å². The summed E-state index contributed by atoms with van der Waals surface area (Å²) in [5.41, 5.74) is 5.25. The molecule has 0 aliphatic carbocycles. The second-order valence-corrected chi connectivity index (χ2v) is 7.85. The first-order valence-electron chi connectivity index (χ1n) is 8.78. The first kappa shape index (κ1) is 17.8. The number of nitrogens with one attached hydrogen (secondary N) is 1. The molecule has 6 heteroatoms. The Kier molecular flexibility index (Phi) is 4.70. The third-order valence-electron chi connectivity index (χ3n) is 5.33. The molecule has 0 radical (unpaired) electrons. The number of fused-ring (bicyclic) bond motifs is 3. The number of pyridine rings is 1. The molecule has 1 aromatic carbocycles. The summed E-state index contributed by atoms with van der Waals surface area (Å²) < 4.78 is 0. The minimum Gasteiger partial charge on any atom is -0.385 e. The highest BCUT2D eigenvalue weighted by Gasteiger charge is 2.29. The van der Waals surface area contributed by atoms with Gasteiger partial charge in [0, 0.05) is 46.9 Å². The van der Waals surface area contributed by atoms with Crippen LogP contribution in [0.4, 0.5) is 0 Å². The number of halogens is 2. The van der Waals surface area contributed by atoms with Crippen molar-refractivity contribution in [2.75, 3.05) is 13.1 Å². The van der Waals surface area contributed by atoms with Crippen LogP contribution in [0.5, 0.6) is 0 Å². The number of nitrogens with zero attached hydrogens (tertiary/aromatic N) is 2. The van der Waals surface area contributed by atoms with E-state index in [-0.39, 0.29) is 6.04 Å². The molecule has 0 saturated carbocycles. The highest BCUT2D eigenvalue weighted by Crippen LogP contribution is 2.36. The second kappa shape index (κ2) is 6.86. The Labute approximate surface area is 162 Å². The van der Waals surface area contributed by atoms with Gasteiger partial charge in [-0.2, -0.15) is 0 Å². The van der Waals surface area contributed by atoms with Crippen molar-refractivity contribution in [2.45, 2.75) is 32.4 Å². The van der Waals surface area contributed by atoms with Gasteiger partial charge in [0.15, 0.2) is 0 Å². The number of H-pyrrole nitrogens is 1. The molecule has 2 aromatic heterocycles. The summed E-state index contributed by atoms with van der Waals surface area (Å²) in [7, 11) is 0. The maximum absolute atomic E-state index is 10.7. The SMILES string of the molecule is Cc1cc(C(O)CN2CCc3c([nH]c4ccc(Cl)cc34)C2C)ncc1Cl. The second-order valence-electron chi connectivity index (χ2n) is 7.00. The van der Waals surface area contributed by atoms with Crippen LogP contribution in [0.1, 0.15) is 41.6 Å². The van der Waals surface area contributed by atoms with Crippen molar-refractivity contribution in [1.29, 1.82) is 0 Å². The maximum Gasteiger partial charge on any atom is 0.109 e. The predicted molar refractivity (Wildman–Crippen MR) is 106 cm³/mol. The van der Waals surface area contributed by atoms with Gasteiger partial charge in [-0.1, -0.05) is 23.2 Å². The number of rotatable bonds is 3. The van der Waals surface area contributed by atoms with Crippen LogP contribution in [0.15, 0.2) is 30.5 Å². The minimum atomic E-state index is -0.645. The summed E-state index contributed by atoms with van der Waals surface area (Å²) >= 11 is 12.2. The van der Waals surface area contributed by atoms with Crippen molar-refractivity contribution in [3.8, 4) is 0 Å². The standard InChI is InChI=1S/C20H21Cl2N3O/c1-11-7-18(23-9-16(11)22)19(26)10-25-6-5-14-15-8-13(21)3-4-17(15)24-20(14)12(25)2/h3-4,7-9,12,19,24,26H,5-6,10H2,1-2H3. The molecule has 0 fully saturated rings. The zero-order chi connectivity index (χ0) is 18.4. The van der Waals surface area contributed by atoms with E-state index in [0.717, 1.165) is 29.1 Å². The molecule has 0 amide bonds. The summed E-state index contributed by atoms with van der Waals surface area (Å²) in [6.45, 7) is 5.51. The van der Waals surface area contributed by atoms with Crippen LogP contribution in [0.2, 0.25) is 10.0 Å². The lowest BCUT2D eigenvalue weighted by atomic mass is 9.97. The number of aromatic nitrogens is 2. The molecule has 0 bridgehead atoms. The third kappa shape index (κ3) is 3.12. The van der Waals surface area contributed by atoms with Crippen LogP contribution < -0.4 is 0 Å². The molecule has 1 aliphatic rings. The normalized spacial score (nSPS) is 18.9. The highest BCUT2D eigenvalue weighted by molar-refractivity contribution is 6.31. The number of aliphatic hydroxyl groups excluding tert-OH is 1. The van der Waals surface area contributed by atoms with Gasteiger partial charge in [-0.3, -0.25) is 9.88 Å². The molecule has 3 aromatic rings. The zero-order valence-electron chi connectivity index (χ0n) is 14.8. The smallest absolute Gasteiger partial charge is 0.109 e. The molecule has 0 saturated heterocycles. The first-order valence-corrected chi connectivity index (χ1v) is 9.54. The molecule has 136 valence electrons. The van der Waals surface area contributed by atoms with E-state index in [0.29, 0.717) is 17.3 Å². The number of aliphatic hydroxyl groups is 1. The van der Waals surface area contributed by atoms with Crippen LogP contribution >= 0.6 is 23.2 Å². The lowest BCUT2D eigenvalue weighted by molar-refractivity contribution is 0.0829. The summed E-state index contributed by atoms with van der Waals surface area (Å²) in [6, 6.07) is 8.02. The van der Waals surface area contributed by atoms with Crippen molar-refractivity contribution in [2.24, 2.45) is 0 Å². The Morgan fingerprint density at radius 1 is 1.35 bits per heavy atom. The lowest BCUT2D eigenvalue weighted by Gasteiger charge is -2.34. The van der Waals surface area contributed by atoms with E-state index < -0.39 is 6.10 Å². The van der Waals surface area contributed by atoms with Crippen molar-refractivity contribution in [3.05, 3.63) is 63.0 Å². The summed E-state index contributed by atoms with van der Waals surface area (Å²) in [4.78, 5) is 10.1. The average molecular weight is 390 g/mol. The average Bonchev–Trinajstić information content (AvgIpc) is 2.98. The third-order valence-corrected chi connectivity index (χ3v) is 5.96. The van der Waals surface area contributed by atoms with Crippen LogP contribution in [-0.4, -0.2) is 33.1 Å². The van der Waals surface area contributed by atoms with Crippen molar-refractivity contribution < 1.29 is 5.11 Å². The van der Waals surface area contributed by atoms with Gasteiger partial charge in [0.1, 0.15) is 6.10 Å². The maximum atomic E-state index is 10.7. The van der Waals surface area contributed by atoms with Gasteiger partial charge in [-0.25, -0.2) is 0 Å². The molecular weight excluding hydrogens is 369 g/mol. The Bertz CT molecular complexity index is 969. The zero-order valence-corrected chi connectivity index (χ0v) is 16.3. The molecule has 0 spiro atoms. The highest BCUT2D eigenvalue weighted by atomic mass is 35.5. The lowest BCUT2D eigenvalue weighted by Crippen LogP contribution is -2.37. The van der Waals surface area contributed by atoms with E-state index in [9.17, 15) is 5.11 Å². The number of aryl methyl sites for hydroxylation is 1. The van der Waals surface area contributed by atoms with Gasteiger partial charge in [-0.15, -0.1) is 0 Å². The molecule has 2 unspecified atom stereocenters. The fourth-order valence-corrected chi connectivity index (χ4v) is 4.08. The van der Waals surface area contributed by atoms with Crippen LogP contribution in [0, 0.1) is 6.92 Å². The van der Waals surface area contributed by atoms with Gasteiger partial charge in [0.2, 0.25) is 0 Å². The van der Waals surface area contributed by atoms with Crippen molar-refractivity contribution >= 4 is 34.1 Å². The topological polar surface area (TPSA) is 52.1 Å². The number of β-amino-alcohol motifs (C(OH)–C–C–N with tert-alkyl or cyclic N) is 1. The predicted octanol–water partition coefficient (Wildman–Crippen LogP) is 4.83. The fraction of sp³-hybridized carbons (Fsp3) is 0.350. The van der Waals surface area contributed by atoms with Crippen molar-refractivity contribution in [3.63, 3.8) is 0 Å². The van der Waals surface area contributed by atoms with E-state index in [4.69, 9.17) is 23.2 Å². The fourth-order valence-electron chi connectivity index (χ4n) is 3.81. The van der Waals surface area contributed by atoms with E-state index in [2.05, 4.69) is 21.8 Å². The summed E-state index contributed by atoms with van der Waals surface area (Å²) in [5, 5.41) is 13.2.